The lowest BCUT2D eigenvalue weighted by atomic mass is 9.86. The molecule has 0 unspecified atom stereocenters. The first kappa shape index (κ1) is 18.8. The van der Waals surface area contributed by atoms with Gasteiger partial charge in [-0.1, -0.05) is 12.5 Å². The average Bonchev–Trinajstić information content (AvgIpc) is 3.35. The Kier molecular flexibility index (Phi) is 5.79. The van der Waals surface area contributed by atoms with E-state index in [0.717, 1.165) is 23.0 Å². The van der Waals surface area contributed by atoms with E-state index in [-0.39, 0.29) is 5.91 Å². The number of rotatable bonds is 8. The van der Waals surface area contributed by atoms with Crippen LogP contribution in [0.2, 0.25) is 0 Å². The molecule has 0 saturated heterocycles. The van der Waals surface area contributed by atoms with Crippen LogP contribution in [0.5, 0.6) is 11.5 Å². The molecular formula is C23H28N2O3. The summed E-state index contributed by atoms with van der Waals surface area (Å²) in [5, 5.41) is 3.07. The number of aromatic nitrogens is 1. The third-order valence-electron chi connectivity index (χ3n) is 6.19. The Labute approximate surface area is 166 Å². The molecule has 5 heteroatoms. The number of hydrogen-bond donors (Lipinski definition) is 1. The molecule has 1 aromatic heterocycles. The molecule has 4 rings (SSSR count). The van der Waals surface area contributed by atoms with E-state index in [2.05, 4.69) is 10.3 Å². The van der Waals surface area contributed by atoms with E-state index in [1.807, 2.05) is 30.3 Å². The summed E-state index contributed by atoms with van der Waals surface area (Å²) in [7, 11) is 1.63. The molecule has 0 radical (unpaired) electrons. The van der Waals surface area contributed by atoms with Gasteiger partial charge in [0.15, 0.2) is 11.5 Å². The van der Waals surface area contributed by atoms with Gasteiger partial charge in [0.2, 0.25) is 5.91 Å². The van der Waals surface area contributed by atoms with Gasteiger partial charge >= 0.3 is 0 Å². The predicted octanol–water partition coefficient (Wildman–Crippen LogP) is 4.11. The van der Waals surface area contributed by atoms with Crippen LogP contribution in [0.3, 0.4) is 0 Å². The fourth-order valence-corrected chi connectivity index (χ4v) is 4.72. The lowest BCUT2D eigenvalue weighted by Gasteiger charge is -2.21. The molecule has 3 atom stereocenters. The number of hydrogen-bond acceptors (Lipinski definition) is 4. The molecule has 148 valence electrons. The number of ether oxygens (including phenoxy) is 2. The summed E-state index contributed by atoms with van der Waals surface area (Å²) in [4.78, 5) is 16.4. The SMILES string of the molecule is COc1cc(CNC(=O)C[C@@H]2C[C@H]3CC[C@H]2C3)ccc1OCc1ccncc1. The molecule has 1 N–H and O–H groups in total. The molecule has 5 nitrogen and oxygen atoms in total. The van der Waals surface area contributed by atoms with Gasteiger partial charge in [-0.15, -0.1) is 0 Å². The third kappa shape index (κ3) is 4.46. The number of nitrogens with one attached hydrogen (secondary N) is 1. The Morgan fingerprint density at radius 3 is 2.68 bits per heavy atom. The second-order valence-corrected chi connectivity index (χ2v) is 8.05. The molecule has 28 heavy (non-hydrogen) atoms. The van der Waals surface area contributed by atoms with Crippen molar-refractivity contribution in [3.8, 4) is 11.5 Å². The maximum absolute atomic E-state index is 12.4. The number of methoxy groups -OCH3 is 1. The lowest BCUT2D eigenvalue weighted by molar-refractivity contribution is -0.122. The monoisotopic (exact) mass is 380 g/mol. The number of pyridine rings is 1. The second-order valence-electron chi connectivity index (χ2n) is 8.05. The van der Waals surface area contributed by atoms with Crippen molar-refractivity contribution in [3.05, 3.63) is 53.9 Å². The molecule has 2 aromatic rings. The van der Waals surface area contributed by atoms with Gasteiger partial charge in [-0.25, -0.2) is 0 Å². The molecule has 2 aliphatic rings. The fraction of sp³-hybridized carbons (Fsp3) is 0.478. The van der Waals surface area contributed by atoms with Crippen molar-refractivity contribution < 1.29 is 14.3 Å². The maximum atomic E-state index is 12.4. The van der Waals surface area contributed by atoms with Crippen LogP contribution >= 0.6 is 0 Å². The first-order valence-electron chi connectivity index (χ1n) is 10.2. The molecule has 1 heterocycles. The highest BCUT2D eigenvalue weighted by molar-refractivity contribution is 5.76. The van der Waals surface area contributed by atoms with E-state index in [1.54, 1.807) is 19.5 Å². The van der Waals surface area contributed by atoms with Crippen LogP contribution in [0.1, 0.15) is 43.2 Å². The van der Waals surface area contributed by atoms with Gasteiger partial charge in [-0.2, -0.15) is 0 Å². The number of carbonyl (C=O) groups is 1. The zero-order valence-corrected chi connectivity index (χ0v) is 16.4. The fourth-order valence-electron chi connectivity index (χ4n) is 4.72. The standard InChI is InChI=1S/C23H28N2O3/c1-27-22-12-18(3-5-21(22)28-15-16-6-8-24-9-7-16)14-25-23(26)13-20-11-17-2-4-19(20)10-17/h3,5-9,12,17,19-20H,2,4,10-11,13-15H2,1H3,(H,25,26)/t17-,19-,20-/m0/s1. The molecule has 0 aliphatic heterocycles. The van der Waals surface area contributed by atoms with Crippen LogP contribution < -0.4 is 14.8 Å². The van der Waals surface area contributed by atoms with Crippen LogP contribution in [-0.4, -0.2) is 18.0 Å². The summed E-state index contributed by atoms with van der Waals surface area (Å²) in [6.45, 7) is 0.971. The second kappa shape index (κ2) is 8.63. The summed E-state index contributed by atoms with van der Waals surface area (Å²) in [5.74, 6) is 3.79. The normalized spacial score (nSPS) is 22.8. The Bertz CT molecular complexity index is 809. The van der Waals surface area contributed by atoms with E-state index in [4.69, 9.17) is 9.47 Å². The minimum Gasteiger partial charge on any atom is -0.493 e. The highest BCUT2D eigenvalue weighted by atomic mass is 16.5. The van der Waals surface area contributed by atoms with E-state index in [0.29, 0.717) is 37.0 Å². The quantitative estimate of drug-likeness (QED) is 0.749. The summed E-state index contributed by atoms with van der Waals surface area (Å²) < 4.78 is 11.3. The number of fused-ring (bicyclic) bond motifs is 2. The van der Waals surface area contributed by atoms with E-state index in [1.165, 1.54) is 25.7 Å². The maximum Gasteiger partial charge on any atom is 0.220 e. The predicted molar refractivity (Wildman–Crippen MR) is 107 cm³/mol. The van der Waals surface area contributed by atoms with Crippen molar-refractivity contribution in [2.45, 2.75) is 45.3 Å². The van der Waals surface area contributed by atoms with Gasteiger partial charge < -0.3 is 14.8 Å². The van der Waals surface area contributed by atoms with Crippen molar-refractivity contribution in [2.75, 3.05) is 7.11 Å². The topological polar surface area (TPSA) is 60.5 Å². The molecule has 0 spiro atoms. The highest BCUT2D eigenvalue weighted by Gasteiger charge is 2.39. The van der Waals surface area contributed by atoms with E-state index < -0.39 is 0 Å². The summed E-state index contributed by atoms with van der Waals surface area (Å²) in [5.41, 5.74) is 2.06. The Morgan fingerprint density at radius 2 is 1.96 bits per heavy atom. The first-order valence-corrected chi connectivity index (χ1v) is 10.2. The zero-order valence-electron chi connectivity index (χ0n) is 16.4. The van der Waals surface area contributed by atoms with E-state index >= 15 is 0 Å². The molecule has 2 aliphatic carbocycles. The minimum absolute atomic E-state index is 0.162. The number of nitrogens with zero attached hydrogens (tertiary/aromatic N) is 1. The smallest absolute Gasteiger partial charge is 0.220 e. The third-order valence-corrected chi connectivity index (χ3v) is 6.19. The molecule has 2 fully saturated rings. The van der Waals surface area contributed by atoms with Crippen molar-refractivity contribution in [1.82, 2.24) is 10.3 Å². The minimum atomic E-state index is 0.162. The van der Waals surface area contributed by atoms with Crippen molar-refractivity contribution in [3.63, 3.8) is 0 Å². The van der Waals surface area contributed by atoms with Crippen LogP contribution in [0, 0.1) is 17.8 Å². The summed E-state index contributed by atoms with van der Waals surface area (Å²) in [6.07, 6.45) is 9.45. The van der Waals surface area contributed by atoms with Gasteiger partial charge in [0, 0.05) is 25.4 Å². The summed E-state index contributed by atoms with van der Waals surface area (Å²) in [6, 6.07) is 9.65. The lowest BCUT2D eigenvalue weighted by Crippen LogP contribution is -2.26. The van der Waals surface area contributed by atoms with Gasteiger partial charge in [0.05, 0.1) is 7.11 Å². The number of benzene rings is 1. The van der Waals surface area contributed by atoms with Crippen LogP contribution in [0.15, 0.2) is 42.7 Å². The Morgan fingerprint density at radius 1 is 1.11 bits per heavy atom. The van der Waals surface area contributed by atoms with Crippen molar-refractivity contribution in [2.24, 2.45) is 17.8 Å². The van der Waals surface area contributed by atoms with Gasteiger partial charge in [-0.05, 0) is 72.4 Å². The van der Waals surface area contributed by atoms with Crippen LogP contribution in [0.4, 0.5) is 0 Å². The Hall–Kier alpha value is -2.56. The van der Waals surface area contributed by atoms with Crippen molar-refractivity contribution in [1.29, 1.82) is 0 Å². The number of amides is 1. The van der Waals surface area contributed by atoms with Gasteiger partial charge in [0.1, 0.15) is 6.61 Å². The van der Waals surface area contributed by atoms with Crippen molar-refractivity contribution >= 4 is 5.91 Å². The summed E-state index contributed by atoms with van der Waals surface area (Å²) >= 11 is 0. The van der Waals surface area contributed by atoms with Crippen LogP contribution in [0.25, 0.3) is 0 Å². The molecular weight excluding hydrogens is 352 g/mol. The van der Waals surface area contributed by atoms with Gasteiger partial charge in [0.25, 0.3) is 0 Å². The first-order chi connectivity index (χ1) is 13.7. The molecule has 2 saturated carbocycles. The Balaban J connectivity index is 1.29. The van der Waals surface area contributed by atoms with E-state index in [9.17, 15) is 4.79 Å². The van der Waals surface area contributed by atoms with Gasteiger partial charge in [-0.3, -0.25) is 9.78 Å². The molecule has 1 aromatic carbocycles. The number of carbonyl (C=O) groups excluding carboxylic acids is 1. The highest BCUT2D eigenvalue weighted by Crippen LogP contribution is 2.49. The molecule has 1 amide bonds. The zero-order chi connectivity index (χ0) is 19.3. The average molecular weight is 380 g/mol. The van der Waals surface area contributed by atoms with Crippen LogP contribution in [-0.2, 0) is 17.9 Å². The largest absolute Gasteiger partial charge is 0.493 e. The molecule has 2 bridgehead atoms.